The summed E-state index contributed by atoms with van der Waals surface area (Å²) in [5.41, 5.74) is 4.28. The zero-order valence-electron chi connectivity index (χ0n) is 14.3. The van der Waals surface area contributed by atoms with Gasteiger partial charge in [0, 0.05) is 46.8 Å². The summed E-state index contributed by atoms with van der Waals surface area (Å²) in [5.74, 6) is 0.341. The summed E-state index contributed by atoms with van der Waals surface area (Å²) < 4.78 is 0. The summed E-state index contributed by atoms with van der Waals surface area (Å²) in [6.07, 6.45) is -0.686. The molecule has 0 fully saturated rings. The average Bonchev–Trinajstić information content (AvgIpc) is 2.95. The van der Waals surface area contributed by atoms with E-state index in [1.165, 1.54) is 16.6 Å². The number of nitrogens with zero attached hydrogens (tertiary/aromatic N) is 1. The molecule has 0 spiro atoms. The van der Waals surface area contributed by atoms with Gasteiger partial charge in [0.15, 0.2) is 0 Å². The number of hydrogen-bond donors (Lipinski definition) is 2. The molecule has 0 saturated carbocycles. The van der Waals surface area contributed by atoms with E-state index in [-0.39, 0.29) is 0 Å². The molecule has 1 aliphatic heterocycles. The molecule has 4 rings (SSSR count). The average molecular weight is 410 g/mol. The second kappa shape index (κ2) is 7.06. The molecular formula is C20H19Cl3N2O. The van der Waals surface area contributed by atoms with Gasteiger partial charge in [-0.25, -0.2) is 0 Å². The molecule has 6 heteroatoms. The highest BCUT2D eigenvalue weighted by Gasteiger charge is 2.28. The Kier molecular flexibility index (Phi) is 4.93. The second-order valence-electron chi connectivity index (χ2n) is 6.96. The van der Waals surface area contributed by atoms with Gasteiger partial charge < -0.3 is 10.1 Å². The number of H-pyrrole nitrogens is 1. The van der Waals surface area contributed by atoms with Crippen LogP contribution in [0.25, 0.3) is 10.9 Å². The molecule has 2 aromatic carbocycles. The second-order valence-corrected chi connectivity index (χ2v) is 8.18. The minimum absolute atomic E-state index is 0.341. The number of aliphatic hydroxyl groups excluding tert-OH is 1. The first-order valence-electron chi connectivity index (χ1n) is 8.58. The van der Waals surface area contributed by atoms with Crippen LogP contribution in [0.15, 0.2) is 36.4 Å². The normalized spacial score (nSPS) is 18.9. The predicted octanol–water partition coefficient (Wildman–Crippen LogP) is 5.78. The lowest BCUT2D eigenvalue weighted by molar-refractivity contribution is 0.101. The van der Waals surface area contributed by atoms with Crippen molar-refractivity contribution in [2.24, 2.45) is 0 Å². The standard InChI is InChI=1S/C20H19Cl3N2O/c1-11-8-25(10-18(26)13-3-2-4-15(22)20(13)23)9-17-19(11)14-7-12(21)5-6-16(14)24-17/h2-7,11,18,24,26H,8-10H2,1H3. The molecule has 0 amide bonds. The third-order valence-corrected chi connectivity index (χ3v) is 6.13. The minimum Gasteiger partial charge on any atom is -0.387 e. The van der Waals surface area contributed by atoms with Crippen molar-refractivity contribution in [1.82, 2.24) is 9.88 Å². The third-order valence-electron chi connectivity index (χ3n) is 5.06. The van der Waals surface area contributed by atoms with E-state index in [9.17, 15) is 5.11 Å². The van der Waals surface area contributed by atoms with Crippen LogP contribution in [0, 0.1) is 0 Å². The summed E-state index contributed by atoms with van der Waals surface area (Å²) in [6, 6.07) is 11.3. The van der Waals surface area contributed by atoms with Crippen molar-refractivity contribution in [2.45, 2.75) is 25.5 Å². The molecule has 2 heterocycles. The van der Waals surface area contributed by atoms with Crippen LogP contribution in [0.2, 0.25) is 15.1 Å². The van der Waals surface area contributed by atoms with Gasteiger partial charge in [-0.15, -0.1) is 0 Å². The monoisotopic (exact) mass is 408 g/mol. The van der Waals surface area contributed by atoms with E-state index in [0.29, 0.717) is 28.1 Å². The van der Waals surface area contributed by atoms with Gasteiger partial charge in [0.2, 0.25) is 0 Å². The van der Waals surface area contributed by atoms with E-state index in [0.717, 1.165) is 23.6 Å². The van der Waals surface area contributed by atoms with E-state index in [1.54, 1.807) is 6.07 Å². The number of aliphatic hydroxyl groups is 1. The first-order chi connectivity index (χ1) is 12.4. The lowest BCUT2D eigenvalue weighted by atomic mass is 9.93. The molecule has 1 aliphatic rings. The quantitative estimate of drug-likeness (QED) is 0.575. The molecule has 0 saturated heterocycles. The molecule has 0 aliphatic carbocycles. The highest BCUT2D eigenvalue weighted by Crippen LogP contribution is 2.37. The number of halogens is 3. The van der Waals surface area contributed by atoms with Crippen LogP contribution in [-0.2, 0) is 6.54 Å². The molecule has 1 aromatic heterocycles. The van der Waals surface area contributed by atoms with Crippen molar-refractivity contribution >= 4 is 45.7 Å². The Morgan fingerprint density at radius 3 is 2.85 bits per heavy atom. The van der Waals surface area contributed by atoms with Crippen LogP contribution in [-0.4, -0.2) is 28.1 Å². The zero-order chi connectivity index (χ0) is 18.4. The van der Waals surface area contributed by atoms with Crippen LogP contribution in [0.5, 0.6) is 0 Å². The van der Waals surface area contributed by atoms with Crippen molar-refractivity contribution in [2.75, 3.05) is 13.1 Å². The maximum atomic E-state index is 10.7. The van der Waals surface area contributed by atoms with Crippen LogP contribution in [0.4, 0.5) is 0 Å². The number of fused-ring (bicyclic) bond motifs is 3. The summed E-state index contributed by atoms with van der Waals surface area (Å²) >= 11 is 18.5. The SMILES string of the molecule is CC1CN(CC(O)c2cccc(Cl)c2Cl)Cc2[nH]c3ccc(Cl)cc3c21. The van der Waals surface area contributed by atoms with Gasteiger partial charge in [0.1, 0.15) is 0 Å². The Morgan fingerprint density at radius 2 is 2.04 bits per heavy atom. The molecular weight excluding hydrogens is 391 g/mol. The van der Waals surface area contributed by atoms with Crippen molar-refractivity contribution in [3.05, 3.63) is 68.3 Å². The summed E-state index contributed by atoms with van der Waals surface area (Å²) in [5, 5.41) is 13.5. The molecule has 2 atom stereocenters. The Morgan fingerprint density at radius 1 is 1.23 bits per heavy atom. The van der Waals surface area contributed by atoms with Crippen molar-refractivity contribution < 1.29 is 5.11 Å². The first-order valence-corrected chi connectivity index (χ1v) is 9.71. The first kappa shape index (κ1) is 18.1. The fourth-order valence-corrected chi connectivity index (χ4v) is 4.56. The molecule has 0 radical (unpaired) electrons. The third kappa shape index (κ3) is 3.23. The summed E-state index contributed by atoms with van der Waals surface area (Å²) in [6.45, 7) is 4.32. The molecule has 26 heavy (non-hydrogen) atoms. The van der Waals surface area contributed by atoms with Crippen LogP contribution < -0.4 is 0 Å². The molecule has 3 aromatic rings. The molecule has 136 valence electrons. The number of benzene rings is 2. The highest BCUT2D eigenvalue weighted by atomic mass is 35.5. The van der Waals surface area contributed by atoms with Crippen molar-refractivity contribution in [3.8, 4) is 0 Å². The topological polar surface area (TPSA) is 39.3 Å². The van der Waals surface area contributed by atoms with Crippen LogP contribution in [0.1, 0.15) is 35.8 Å². The highest BCUT2D eigenvalue weighted by molar-refractivity contribution is 6.42. The lowest BCUT2D eigenvalue weighted by Gasteiger charge is -2.33. The van der Waals surface area contributed by atoms with E-state index in [1.807, 2.05) is 30.3 Å². The smallest absolute Gasteiger partial charge is 0.0931 e. The molecule has 2 unspecified atom stereocenters. The van der Waals surface area contributed by atoms with Gasteiger partial charge in [-0.05, 0) is 35.7 Å². The number of aromatic nitrogens is 1. The van der Waals surface area contributed by atoms with E-state index in [2.05, 4.69) is 16.8 Å². The fraction of sp³-hybridized carbons (Fsp3) is 0.300. The maximum Gasteiger partial charge on any atom is 0.0931 e. The maximum absolute atomic E-state index is 10.7. The van der Waals surface area contributed by atoms with Crippen molar-refractivity contribution in [1.29, 1.82) is 0 Å². The van der Waals surface area contributed by atoms with Gasteiger partial charge in [-0.1, -0.05) is 53.9 Å². The predicted molar refractivity (Wildman–Crippen MR) is 108 cm³/mol. The number of rotatable bonds is 3. The van der Waals surface area contributed by atoms with Gasteiger partial charge in [-0.3, -0.25) is 4.90 Å². The van der Waals surface area contributed by atoms with E-state index < -0.39 is 6.10 Å². The van der Waals surface area contributed by atoms with E-state index >= 15 is 0 Å². The lowest BCUT2D eigenvalue weighted by Crippen LogP contribution is -2.35. The largest absolute Gasteiger partial charge is 0.387 e. The fourth-order valence-electron chi connectivity index (χ4n) is 3.95. The number of aromatic amines is 1. The number of nitrogens with one attached hydrogen (secondary N) is 1. The minimum atomic E-state index is -0.686. The van der Waals surface area contributed by atoms with Crippen LogP contribution in [0.3, 0.4) is 0 Å². The van der Waals surface area contributed by atoms with Gasteiger partial charge in [0.25, 0.3) is 0 Å². The van der Waals surface area contributed by atoms with Crippen LogP contribution >= 0.6 is 34.8 Å². The molecule has 3 nitrogen and oxygen atoms in total. The Balaban J connectivity index is 1.59. The van der Waals surface area contributed by atoms with Gasteiger partial charge >= 0.3 is 0 Å². The van der Waals surface area contributed by atoms with Crippen molar-refractivity contribution in [3.63, 3.8) is 0 Å². The summed E-state index contributed by atoms with van der Waals surface area (Å²) in [7, 11) is 0. The number of β-amino-alcohol motifs (C(OH)–C–C–N with tert-alkyl or cyclic N) is 1. The Labute approximate surface area is 167 Å². The molecule has 2 N–H and O–H groups in total. The number of hydrogen-bond acceptors (Lipinski definition) is 2. The van der Waals surface area contributed by atoms with E-state index in [4.69, 9.17) is 34.8 Å². The Bertz CT molecular complexity index is 969. The van der Waals surface area contributed by atoms with Gasteiger partial charge in [-0.2, -0.15) is 0 Å². The summed E-state index contributed by atoms with van der Waals surface area (Å²) in [4.78, 5) is 5.75. The Hall–Kier alpha value is -1.23. The molecule has 0 bridgehead atoms. The van der Waals surface area contributed by atoms with Gasteiger partial charge in [0.05, 0.1) is 16.1 Å². The zero-order valence-corrected chi connectivity index (χ0v) is 16.5.